The van der Waals surface area contributed by atoms with Crippen LogP contribution in [0.5, 0.6) is 0 Å². The highest BCUT2D eigenvalue weighted by atomic mass is 16.2. The molecule has 154 valence electrons. The summed E-state index contributed by atoms with van der Waals surface area (Å²) in [7, 11) is 3.04. The van der Waals surface area contributed by atoms with Crippen molar-refractivity contribution in [3.05, 3.63) is 69.8 Å². The van der Waals surface area contributed by atoms with Crippen LogP contribution >= 0.6 is 0 Å². The molecule has 4 amide bonds. The summed E-state index contributed by atoms with van der Waals surface area (Å²) in [5.74, 6) is -2.04. The fraction of sp³-hybridized carbons (Fsp3) is 0.154. The van der Waals surface area contributed by atoms with Crippen LogP contribution in [0.25, 0.3) is 33.7 Å². The monoisotopic (exact) mass is 420 g/mol. The summed E-state index contributed by atoms with van der Waals surface area (Å²) >= 11 is 0. The van der Waals surface area contributed by atoms with Crippen LogP contribution in [-0.2, 0) is 9.59 Å². The number of likely N-dealkylation sites (N-methyl/N-ethyl adjacent to an activating group) is 2. The fourth-order valence-electron chi connectivity index (χ4n) is 5.87. The normalized spacial score (nSPS) is 22.6. The fourth-order valence-corrected chi connectivity index (χ4v) is 5.87. The van der Waals surface area contributed by atoms with E-state index in [-0.39, 0.29) is 23.6 Å². The molecular weight excluding hydrogens is 404 g/mol. The van der Waals surface area contributed by atoms with Crippen molar-refractivity contribution in [2.75, 3.05) is 14.1 Å². The van der Waals surface area contributed by atoms with Crippen LogP contribution in [0.1, 0.15) is 54.8 Å². The number of nitrogens with zero attached hydrogens (tertiary/aromatic N) is 2. The van der Waals surface area contributed by atoms with Gasteiger partial charge in [-0.25, -0.2) is 0 Å². The van der Waals surface area contributed by atoms with Gasteiger partial charge in [-0.2, -0.15) is 0 Å². The highest BCUT2D eigenvalue weighted by molar-refractivity contribution is 6.25. The second kappa shape index (κ2) is 5.40. The summed E-state index contributed by atoms with van der Waals surface area (Å²) in [5, 5.41) is 3.65. The largest absolute Gasteiger partial charge is 0.281 e. The van der Waals surface area contributed by atoms with Gasteiger partial charge in [0.05, 0.1) is 11.8 Å². The van der Waals surface area contributed by atoms with E-state index in [2.05, 4.69) is 0 Å². The maximum atomic E-state index is 12.9. The quantitative estimate of drug-likeness (QED) is 0.413. The number of fused-ring (bicyclic) bond motifs is 2. The van der Waals surface area contributed by atoms with Gasteiger partial charge in [0.25, 0.3) is 11.8 Å². The maximum absolute atomic E-state index is 12.9. The van der Waals surface area contributed by atoms with Crippen molar-refractivity contribution in [2.45, 2.75) is 11.8 Å². The lowest BCUT2D eigenvalue weighted by Crippen LogP contribution is -2.42. The van der Waals surface area contributed by atoms with E-state index in [0.29, 0.717) is 11.1 Å². The number of amides is 4. The first-order valence-electron chi connectivity index (χ1n) is 10.5. The van der Waals surface area contributed by atoms with E-state index in [9.17, 15) is 19.2 Å². The van der Waals surface area contributed by atoms with Gasteiger partial charge < -0.3 is 0 Å². The average Bonchev–Trinajstić information content (AvgIpc) is 2.82. The number of carbonyl (C=O) groups is 4. The van der Waals surface area contributed by atoms with Gasteiger partial charge in [-0.05, 0) is 55.9 Å². The Morgan fingerprint density at radius 2 is 1.03 bits per heavy atom. The van der Waals surface area contributed by atoms with Gasteiger partial charge in [0, 0.05) is 25.2 Å². The van der Waals surface area contributed by atoms with E-state index in [1.54, 1.807) is 12.1 Å². The van der Waals surface area contributed by atoms with Crippen molar-refractivity contribution in [1.29, 1.82) is 0 Å². The summed E-state index contributed by atoms with van der Waals surface area (Å²) < 4.78 is 0. The molecule has 6 heteroatoms. The zero-order chi connectivity index (χ0) is 22.0. The Morgan fingerprint density at radius 3 is 1.44 bits per heavy atom. The van der Waals surface area contributed by atoms with Crippen LogP contribution < -0.4 is 0 Å². The molecule has 0 radical (unpaired) electrons. The van der Waals surface area contributed by atoms with Gasteiger partial charge >= 0.3 is 0 Å². The van der Waals surface area contributed by atoms with E-state index >= 15 is 0 Å². The summed E-state index contributed by atoms with van der Waals surface area (Å²) in [6, 6.07) is 7.43. The molecule has 0 saturated heterocycles. The van der Waals surface area contributed by atoms with E-state index in [4.69, 9.17) is 0 Å². The van der Waals surface area contributed by atoms with Crippen molar-refractivity contribution in [3.8, 4) is 0 Å². The van der Waals surface area contributed by atoms with E-state index < -0.39 is 11.8 Å². The van der Waals surface area contributed by atoms with Gasteiger partial charge in [-0.3, -0.25) is 29.0 Å². The Bertz CT molecular complexity index is 1470. The first-order valence-corrected chi connectivity index (χ1v) is 10.5. The van der Waals surface area contributed by atoms with E-state index in [0.717, 1.165) is 43.8 Å². The second-order valence-corrected chi connectivity index (χ2v) is 8.80. The summed E-state index contributed by atoms with van der Waals surface area (Å²) in [4.78, 5) is 53.9. The number of hydrogen-bond donors (Lipinski definition) is 0. The molecule has 7 rings (SSSR count). The molecule has 2 unspecified atom stereocenters. The summed E-state index contributed by atoms with van der Waals surface area (Å²) in [6.45, 7) is 0. The number of benzene rings is 3. The highest BCUT2D eigenvalue weighted by Crippen LogP contribution is 2.49. The third-order valence-electron chi connectivity index (χ3n) is 7.41. The molecule has 4 aliphatic rings. The number of rotatable bonds is 0. The topological polar surface area (TPSA) is 74.8 Å². The molecule has 0 N–H and O–H groups in total. The highest BCUT2D eigenvalue weighted by Gasteiger charge is 2.42. The SMILES string of the molecule is CN1C(=O)c2ccc3c4c5c6c(ccc5c5c3c2C(C=C5)C1=O)C(=O)N(C)C(=O)C6C=C4. The molecule has 0 saturated carbocycles. The summed E-state index contributed by atoms with van der Waals surface area (Å²) in [6.07, 6.45) is 7.60. The summed E-state index contributed by atoms with van der Waals surface area (Å²) in [5.41, 5.74) is 4.45. The molecule has 32 heavy (non-hydrogen) atoms. The van der Waals surface area contributed by atoms with Crippen LogP contribution in [0.15, 0.2) is 36.4 Å². The number of imide groups is 2. The van der Waals surface area contributed by atoms with Gasteiger partial charge in [-0.15, -0.1) is 0 Å². The molecule has 3 aromatic rings. The second-order valence-electron chi connectivity index (χ2n) is 8.80. The predicted molar refractivity (Wildman–Crippen MR) is 119 cm³/mol. The molecule has 2 atom stereocenters. The molecular formula is C26H16N2O4. The molecule has 2 aliphatic heterocycles. The van der Waals surface area contributed by atoms with Crippen molar-refractivity contribution in [3.63, 3.8) is 0 Å². The van der Waals surface area contributed by atoms with Crippen molar-refractivity contribution >= 4 is 57.3 Å². The molecule has 0 bridgehead atoms. The molecule has 0 aromatic heterocycles. The Kier molecular flexibility index (Phi) is 2.97. The van der Waals surface area contributed by atoms with Crippen molar-refractivity contribution in [2.24, 2.45) is 0 Å². The first-order chi connectivity index (χ1) is 15.4. The van der Waals surface area contributed by atoms with Crippen LogP contribution in [0, 0.1) is 0 Å². The minimum Gasteiger partial charge on any atom is -0.281 e. The first kappa shape index (κ1) is 17.6. The van der Waals surface area contributed by atoms with Gasteiger partial charge in [0.15, 0.2) is 0 Å². The Morgan fingerprint density at radius 1 is 0.625 bits per heavy atom. The zero-order valence-electron chi connectivity index (χ0n) is 17.3. The van der Waals surface area contributed by atoms with Gasteiger partial charge in [0.2, 0.25) is 11.8 Å². The van der Waals surface area contributed by atoms with E-state index in [1.165, 1.54) is 23.9 Å². The third kappa shape index (κ3) is 1.75. The Labute approximate surface area is 182 Å². The Hall–Kier alpha value is -4.06. The zero-order valence-corrected chi connectivity index (χ0v) is 17.3. The van der Waals surface area contributed by atoms with Crippen LogP contribution in [0.4, 0.5) is 0 Å². The lowest BCUT2D eigenvalue weighted by molar-refractivity contribution is -0.129. The lowest BCUT2D eigenvalue weighted by Gasteiger charge is -2.35. The van der Waals surface area contributed by atoms with Crippen molar-refractivity contribution in [1.82, 2.24) is 9.80 Å². The third-order valence-corrected chi connectivity index (χ3v) is 7.41. The van der Waals surface area contributed by atoms with Gasteiger partial charge in [-0.1, -0.05) is 36.4 Å². The van der Waals surface area contributed by atoms with Crippen LogP contribution in [0.2, 0.25) is 0 Å². The standard InChI is InChI=1S/C26H16N2O4/c1-27-23(29)15-7-3-11-13-5-9-17-22-18(26(32)28(2)25(17)31)10-6-14(20(13)22)12-4-8-16(24(27)30)21(15)19(11)12/h3-10,15,18H,1-2H3. The van der Waals surface area contributed by atoms with E-state index in [1.807, 2.05) is 36.4 Å². The maximum Gasteiger partial charge on any atom is 0.260 e. The molecule has 2 aliphatic carbocycles. The molecule has 6 nitrogen and oxygen atoms in total. The predicted octanol–water partition coefficient (Wildman–Crippen LogP) is 3.44. The number of carbonyl (C=O) groups excluding carboxylic acids is 4. The van der Waals surface area contributed by atoms with Crippen molar-refractivity contribution < 1.29 is 19.2 Å². The molecule has 0 spiro atoms. The average molecular weight is 420 g/mol. The molecule has 0 fully saturated rings. The van der Waals surface area contributed by atoms with Gasteiger partial charge in [0.1, 0.15) is 0 Å². The van der Waals surface area contributed by atoms with Crippen LogP contribution in [-0.4, -0.2) is 47.5 Å². The lowest BCUT2D eigenvalue weighted by atomic mass is 9.73. The number of hydrogen-bond acceptors (Lipinski definition) is 4. The minimum absolute atomic E-state index is 0.231. The molecule has 2 heterocycles. The Balaban J connectivity index is 1.69. The smallest absolute Gasteiger partial charge is 0.260 e. The molecule has 3 aromatic carbocycles. The minimum atomic E-state index is -0.497. The van der Waals surface area contributed by atoms with Crippen LogP contribution in [0.3, 0.4) is 0 Å².